The molecule has 0 unspecified atom stereocenters. The Morgan fingerprint density at radius 2 is 1.41 bits per heavy atom. The first kappa shape index (κ1) is 41.7. The van der Waals surface area contributed by atoms with Crippen molar-refractivity contribution < 1.29 is 24.2 Å². The Kier molecular flexibility index (Phi) is 21.7. The lowest BCUT2D eigenvalue weighted by atomic mass is 9.96. The van der Waals surface area contributed by atoms with E-state index < -0.39 is 18.1 Å². The number of hydrogen-bond acceptors (Lipinski definition) is 6. The van der Waals surface area contributed by atoms with Crippen molar-refractivity contribution in [3.63, 3.8) is 0 Å². The average molecular weight is 681 g/mol. The fourth-order valence-corrected chi connectivity index (χ4v) is 5.95. The second kappa shape index (κ2) is 25.5. The summed E-state index contributed by atoms with van der Waals surface area (Å²) in [6.45, 7) is 5.43. The summed E-state index contributed by atoms with van der Waals surface area (Å²) in [6, 6.07) is 12.3. The van der Waals surface area contributed by atoms with Crippen LogP contribution in [-0.4, -0.2) is 54.7 Å². The largest absolute Gasteiger partial charge is 0.494 e. The van der Waals surface area contributed by atoms with E-state index in [-0.39, 0.29) is 24.8 Å². The number of nitrogens with two attached hydrogens (primary N) is 2. The molecule has 0 heterocycles. The molecule has 2 aromatic rings. The van der Waals surface area contributed by atoms with Crippen LogP contribution >= 0.6 is 0 Å². The van der Waals surface area contributed by atoms with Gasteiger partial charge < -0.3 is 31.9 Å². The number of aryl methyl sites for hydroxylation is 1. The number of nitrogens with one attached hydrogen (secondary N) is 2. The quantitative estimate of drug-likeness (QED) is 0.0602. The standard InChI is InChI=1S/C40H64N4O5/c1-3-5-6-7-8-9-10-11-12-13-14-15-16-19-38(45)44-37(30-41)39(46)43-26-17-18-27-49-34-24-25-35(32(4-2)29-34)33-22-20-31(21-23-33)28-36(42)40(47)48/h20-25,29,36-37H,3-19,26-28,30,41-42H2,1-2H3,(H,43,46)(H,44,45)(H,47,48)/t36-,37-/m0/s1. The molecule has 0 saturated carbocycles. The highest BCUT2D eigenvalue weighted by atomic mass is 16.5. The van der Waals surface area contributed by atoms with Crippen LogP contribution in [0.15, 0.2) is 42.5 Å². The van der Waals surface area contributed by atoms with Crippen LogP contribution in [0.25, 0.3) is 11.1 Å². The first-order chi connectivity index (χ1) is 23.8. The maximum atomic E-state index is 12.6. The van der Waals surface area contributed by atoms with E-state index in [4.69, 9.17) is 21.3 Å². The molecule has 2 rings (SSSR count). The Bertz CT molecular complexity index is 1220. The lowest BCUT2D eigenvalue weighted by molar-refractivity contribution is -0.138. The van der Waals surface area contributed by atoms with E-state index in [1.165, 1.54) is 64.2 Å². The van der Waals surface area contributed by atoms with Gasteiger partial charge in [-0.1, -0.05) is 121 Å². The van der Waals surface area contributed by atoms with E-state index >= 15 is 0 Å². The monoisotopic (exact) mass is 680 g/mol. The van der Waals surface area contributed by atoms with Gasteiger partial charge in [-0.2, -0.15) is 0 Å². The number of carboxylic acid groups (broad SMARTS) is 1. The SMILES string of the molecule is CCCCCCCCCCCCCCCC(=O)N[C@@H](CN)C(=O)NCCCCOc1ccc(-c2ccc(C[C@H](N)C(=O)O)cc2)c(CC)c1. The predicted octanol–water partition coefficient (Wildman–Crippen LogP) is 7.07. The van der Waals surface area contributed by atoms with Crippen molar-refractivity contribution in [3.05, 3.63) is 53.6 Å². The molecule has 0 fully saturated rings. The molecule has 0 aromatic heterocycles. The van der Waals surface area contributed by atoms with Gasteiger partial charge in [-0.15, -0.1) is 0 Å². The Morgan fingerprint density at radius 3 is 1.98 bits per heavy atom. The Morgan fingerprint density at radius 1 is 0.796 bits per heavy atom. The Hall–Kier alpha value is -3.43. The molecule has 0 spiro atoms. The van der Waals surface area contributed by atoms with Crippen molar-refractivity contribution in [1.82, 2.24) is 10.6 Å². The second-order valence-corrected chi connectivity index (χ2v) is 13.2. The third kappa shape index (κ3) is 17.7. The molecule has 2 amide bonds. The maximum absolute atomic E-state index is 12.6. The number of amides is 2. The molecule has 0 saturated heterocycles. The van der Waals surface area contributed by atoms with Crippen LogP contribution in [0.2, 0.25) is 0 Å². The molecule has 7 N–H and O–H groups in total. The molecular weight excluding hydrogens is 616 g/mol. The number of ether oxygens (including phenoxy) is 1. The van der Waals surface area contributed by atoms with Gasteiger partial charge in [-0.25, -0.2) is 0 Å². The van der Waals surface area contributed by atoms with Crippen molar-refractivity contribution in [2.24, 2.45) is 11.5 Å². The van der Waals surface area contributed by atoms with Gasteiger partial charge in [0.15, 0.2) is 0 Å². The molecule has 0 aliphatic carbocycles. The fourth-order valence-electron chi connectivity index (χ4n) is 5.95. The molecule has 0 aliphatic heterocycles. The highest BCUT2D eigenvalue weighted by molar-refractivity contribution is 5.87. The molecule has 9 nitrogen and oxygen atoms in total. The van der Waals surface area contributed by atoms with Gasteiger partial charge in [0.2, 0.25) is 11.8 Å². The summed E-state index contributed by atoms with van der Waals surface area (Å²) in [5.41, 5.74) is 15.7. The Labute approximate surface area is 295 Å². The summed E-state index contributed by atoms with van der Waals surface area (Å²) in [7, 11) is 0. The van der Waals surface area contributed by atoms with Crippen LogP contribution in [0, 0.1) is 0 Å². The van der Waals surface area contributed by atoms with Crippen LogP contribution in [0.5, 0.6) is 5.75 Å². The predicted molar refractivity (Wildman–Crippen MR) is 200 cm³/mol. The highest BCUT2D eigenvalue weighted by Crippen LogP contribution is 2.28. The zero-order valence-electron chi connectivity index (χ0n) is 30.3. The summed E-state index contributed by atoms with van der Waals surface area (Å²) in [6.07, 6.45) is 19.4. The van der Waals surface area contributed by atoms with E-state index in [1.807, 2.05) is 36.4 Å². The molecule has 274 valence electrons. The van der Waals surface area contributed by atoms with Crippen LogP contribution in [0.4, 0.5) is 0 Å². The van der Waals surface area contributed by atoms with Gasteiger partial charge in [0.1, 0.15) is 17.8 Å². The minimum Gasteiger partial charge on any atom is -0.494 e. The molecule has 0 aliphatic rings. The van der Waals surface area contributed by atoms with Crippen molar-refractivity contribution >= 4 is 17.8 Å². The van der Waals surface area contributed by atoms with Crippen molar-refractivity contribution in [2.45, 2.75) is 142 Å². The molecule has 49 heavy (non-hydrogen) atoms. The number of carbonyl (C=O) groups excluding carboxylic acids is 2. The van der Waals surface area contributed by atoms with Crippen molar-refractivity contribution in [3.8, 4) is 16.9 Å². The number of carbonyl (C=O) groups is 3. The fraction of sp³-hybridized carbons (Fsp3) is 0.625. The molecule has 2 atom stereocenters. The van der Waals surface area contributed by atoms with E-state index in [0.29, 0.717) is 19.6 Å². The van der Waals surface area contributed by atoms with Gasteiger partial charge in [-0.05, 0) is 66.5 Å². The van der Waals surface area contributed by atoms with Crippen LogP contribution in [0.3, 0.4) is 0 Å². The smallest absolute Gasteiger partial charge is 0.320 e. The van der Waals surface area contributed by atoms with Gasteiger partial charge in [0.25, 0.3) is 0 Å². The van der Waals surface area contributed by atoms with Crippen molar-refractivity contribution in [2.75, 3.05) is 19.7 Å². The number of benzene rings is 2. The second-order valence-electron chi connectivity index (χ2n) is 13.2. The molecule has 9 heteroatoms. The minimum atomic E-state index is -1.01. The number of hydrogen-bond donors (Lipinski definition) is 5. The number of unbranched alkanes of at least 4 members (excludes halogenated alkanes) is 13. The zero-order valence-corrected chi connectivity index (χ0v) is 30.3. The summed E-state index contributed by atoms with van der Waals surface area (Å²) in [5, 5.41) is 14.7. The van der Waals surface area contributed by atoms with Crippen molar-refractivity contribution in [1.29, 1.82) is 0 Å². The van der Waals surface area contributed by atoms with E-state index in [1.54, 1.807) is 0 Å². The summed E-state index contributed by atoms with van der Waals surface area (Å²) in [4.78, 5) is 36.0. The molecule has 0 radical (unpaired) electrons. The highest BCUT2D eigenvalue weighted by Gasteiger charge is 2.18. The number of aliphatic carboxylic acids is 1. The van der Waals surface area contributed by atoms with Crippen LogP contribution in [0.1, 0.15) is 128 Å². The van der Waals surface area contributed by atoms with Gasteiger partial charge in [0.05, 0.1) is 6.61 Å². The summed E-state index contributed by atoms with van der Waals surface area (Å²) < 4.78 is 5.99. The summed E-state index contributed by atoms with van der Waals surface area (Å²) in [5.74, 6) is -0.572. The average Bonchev–Trinajstić information content (AvgIpc) is 3.10. The molecular formula is C40H64N4O5. The first-order valence-electron chi connectivity index (χ1n) is 18.9. The van der Waals surface area contributed by atoms with Gasteiger partial charge in [-0.3, -0.25) is 14.4 Å². The Balaban J connectivity index is 1.58. The minimum absolute atomic E-state index is 0.0675. The van der Waals surface area contributed by atoms with Gasteiger partial charge in [0, 0.05) is 19.5 Å². The third-order valence-electron chi connectivity index (χ3n) is 9.03. The lowest BCUT2D eigenvalue weighted by Gasteiger charge is -2.17. The van der Waals surface area contributed by atoms with Gasteiger partial charge >= 0.3 is 5.97 Å². The molecule has 0 bridgehead atoms. The summed E-state index contributed by atoms with van der Waals surface area (Å²) >= 11 is 0. The topological polar surface area (TPSA) is 157 Å². The van der Waals surface area contributed by atoms with E-state index in [2.05, 4.69) is 30.5 Å². The normalized spacial score (nSPS) is 12.3. The van der Waals surface area contributed by atoms with Crippen LogP contribution in [-0.2, 0) is 27.2 Å². The zero-order chi connectivity index (χ0) is 35.7. The molecule has 2 aromatic carbocycles. The lowest BCUT2D eigenvalue weighted by Crippen LogP contribution is -2.50. The number of rotatable bonds is 28. The third-order valence-corrected chi connectivity index (χ3v) is 9.03. The first-order valence-corrected chi connectivity index (χ1v) is 18.9. The van der Waals surface area contributed by atoms with E-state index in [0.717, 1.165) is 66.5 Å². The maximum Gasteiger partial charge on any atom is 0.320 e. The number of carboxylic acids is 1. The van der Waals surface area contributed by atoms with E-state index in [9.17, 15) is 14.4 Å². The van der Waals surface area contributed by atoms with Crippen LogP contribution < -0.4 is 26.8 Å².